The predicted octanol–water partition coefficient (Wildman–Crippen LogP) is 4.38. The summed E-state index contributed by atoms with van der Waals surface area (Å²) < 4.78 is 7.41. The van der Waals surface area contributed by atoms with Crippen LogP contribution in [0.25, 0.3) is 0 Å². The van der Waals surface area contributed by atoms with Gasteiger partial charge in [0, 0.05) is 0 Å². The van der Waals surface area contributed by atoms with Crippen LogP contribution >= 0.6 is 22.7 Å². The van der Waals surface area contributed by atoms with Crippen LogP contribution in [0.2, 0.25) is 0 Å². The highest BCUT2D eigenvalue weighted by atomic mass is 32.1. The fraction of sp³-hybridized carbons (Fsp3) is 0.316. The summed E-state index contributed by atoms with van der Waals surface area (Å²) in [7, 11) is 0. The first kappa shape index (κ1) is 18.5. The van der Waals surface area contributed by atoms with E-state index in [1.165, 1.54) is 27.4 Å². The minimum Gasteiger partial charge on any atom is -0.486 e. The van der Waals surface area contributed by atoms with Gasteiger partial charge in [0.25, 0.3) is 0 Å². The second kappa shape index (κ2) is 7.97. The summed E-state index contributed by atoms with van der Waals surface area (Å²) in [6.07, 6.45) is 0. The molecule has 0 aliphatic carbocycles. The molecule has 0 bridgehead atoms. The Hall–Kier alpha value is -2.25. The molecule has 2 aromatic heterocycles. The zero-order valence-electron chi connectivity index (χ0n) is 15.0. The van der Waals surface area contributed by atoms with Crippen molar-refractivity contribution in [3.63, 3.8) is 0 Å². The van der Waals surface area contributed by atoms with Gasteiger partial charge in [0.2, 0.25) is 4.80 Å². The van der Waals surface area contributed by atoms with Crippen LogP contribution in [0.5, 0.6) is 5.75 Å². The number of carbonyl (C=O) groups is 1. The number of ketones is 1. The Labute approximate surface area is 160 Å². The van der Waals surface area contributed by atoms with Gasteiger partial charge in [-0.2, -0.15) is 5.10 Å². The van der Waals surface area contributed by atoms with Gasteiger partial charge in [-0.3, -0.25) is 10.2 Å². The van der Waals surface area contributed by atoms with E-state index in [4.69, 9.17) is 10.1 Å². The number of carbonyl (C=O) groups excluding carboxylic acids is 1. The van der Waals surface area contributed by atoms with Crippen molar-refractivity contribution >= 4 is 28.5 Å². The first-order chi connectivity index (χ1) is 12.4. The maximum Gasteiger partial charge on any atom is 0.200 e. The van der Waals surface area contributed by atoms with Gasteiger partial charge in [-0.25, -0.2) is 4.68 Å². The first-order valence-corrected chi connectivity index (χ1v) is 10.0. The second-order valence-electron chi connectivity index (χ2n) is 6.34. The molecule has 26 heavy (non-hydrogen) atoms. The highest BCUT2D eigenvalue weighted by molar-refractivity contribution is 7.12. The fourth-order valence-corrected chi connectivity index (χ4v) is 3.91. The van der Waals surface area contributed by atoms with Gasteiger partial charge in [-0.05, 0) is 41.5 Å². The Kier molecular flexibility index (Phi) is 5.68. The summed E-state index contributed by atoms with van der Waals surface area (Å²) >= 11 is 2.64. The molecule has 0 saturated carbocycles. The van der Waals surface area contributed by atoms with Crippen LogP contribution in [0.3, 0.4) is 0 Å². The van der Waals surface area contributed by atoms with Gasteiger partial charge in [0.15, 0.2) is 10.8 Å². The monoisotopic (exact) mass is 387 g/mol. The van der Waals surface area contributed by atoms with Gasteiger partial charge < -0.3 is 4.74 Å². The summed E-state index contributed by atoms with van der Waals surface area (Å²) in [5.41, 5.74) is 2.29. The van der Waals surface area contributed by atoms with E-state index in [1.807, 2.05) is 24.4 Å². The molecule has 0 fully saturated rings. The third-order valence-electron chi connectivity index (χ3n) is 3.91. The number of rotatable bonds is 7. The Morgan fingerprint density at radius 2 is 2.15 bits per heavy atom. The summed E-state index contributed by atoms with van der Waals surface area (Å²) in [6, 6.07) is 9.83. The Bertz CT molecular complexity index is 956. The minimum absolute atomic E-state index is 0.0305. The van der Waals surface area contributed by atoms with E-state index in [-0.39, 0.29) is 17.1 Å². The average molecular weight is 388 g/mol. The van der Waals surface area contributed by atoms with Crippen LogP contribution in [-0.4, -0.2) is 15.6 Å². The van der Waals surface area contributed by atoms with E-state index in [0.29, 0.717) is 22.4 Å². The van der Waals surface area contributed by atoms with Crippen molar-refractivity contribution in [1.29, 1.82) is 5.41 Å². The maximum absolute atomic E-state index is 12.2. The van der Waals surface area contributed by atoms with E-state index in [2.05, 4.69) is 31.1 Å². The van der Waals surface area contributed by atoms with E-state index in [1.54, 1.807) is 6.07 Å². The number of nitrogens with one attached hydrogen (secondary N) is 1. The average Bonchev–Trinajstić information content (AvgIpc) is 3.23. The second-order valence-corrected chi connectivity index (χ2v) is 8.35. The van der Waals surface area contributed by atoms with Gasteiger partial charge in [0.1, 0.15) is 18.9 Å². The Balaban J connectivity index is 1.71. The van der Waals surface area contributed by atoms with Crippen molar-refractivity contribution in [2.45, 2.75) is 39.8 Å². The zero-order valence-corrected chi connectivity index (χ0v) is 16.6. The minimum atomic E-state index is -0.0305. The number of hydrogen-bond acceptors (Lipinski definition) is 6. The van der Waals surface area contributed by atoms with Crippen LogP contribution in [0.15, 0.2) is 35.7 Å². The number of aromatic nitrogens is 2. The molecule has 0 spiro atoms. The molecule has 0 unspecified atom stereocenters. The SMILES string of the molecule is Cc1ccc(C(C)C)c(OCc2nn(CC(=O)c3cccs3)c(=N)s2)c1. The molecule has 3 rings (SSSR count). The van der Waals surface area contributed by atoms with Crippen molar-refractivity contribution < 1.29 is 9.53 Å². The molecule has 0 aliphatic rings. The lowest BCUT2D eigenvalue weighted by molar-refractivity contribution is 0.0969. The van der Waals surface area contributed by atoms with Crippen LogP contribution < -0.4 is 9.54 Å². The molecule has 0 saturated heterocycles. The third-order valence-corrected chi connectivity index (χ3v) is 5.66. The van der Waals surface area contributed by atoms with Crippen molar-refractivity contribution in [2.24, 2.45) is 0 Å². The van der Waals surface area contributed by atoms with Crippen LogP contribution in [0, 0.1) is 12.3 Å². The van der Waals surface area contributed by atoms with E-state index < -0.39 is 0 Å². The Morgan fingerprint density at radius 1 is 1.35 bits per heavy atom. The number of thiophene rings is 1. The lowest BCUT2D eigenvalue weighted by Crippen LogP contribution is -2.20. The van der Waals surface area contributed by atoms with Crippen LogP contribution in [0.1, 0.15) is 45.6 Å². The molecule has 1 aromatic carbocycles. The normalized spacial score (nSPS) is 11.1. The molecular formula is C19H21N3O2S2. The molecular weight excluding hydrogens is 366 g/mol. The molecule has 0 amide bonds. The van der Waals surface area contributed by atoms with Gasteiger partial charge >= 0.3 is 0 Å². The van der Waals surface area contributed by atoms with Gasteiger partial charge in [0.05, 0.1) is 4.88 Å². The molecule has 2 heterocycles. The maximum atomic E-state index is 12.2. The lowest BCUT2D eigenvalue weighted by Gasteiger charge is -2.14. The number of benzene rings is 1. The molecule has 7 heteroatoms. The number of hydrogen-bond donors (Lipinski definition) is 1. The molecule has 5 nitrogen and oxygen atoms in total. The zero-order chi connectivity index (χ0) is 18.7. The quantitative estimate of drug-likeness (QED) is 0.612. The summed E-state index contributed by atoms with van der Waals surface area (Å²) in [5, 5.41) is 15.0. The van der Waals surface area contributed by atoms with Crippen molar-refractivity contribution in [1.82, 2.24) is 9.78 Å². The van der Waals surface area contributed by atoms with Gasteiger partial charge in [-0.15, -0.1) is 11.3 Å². The molecule has 1 N–H and O–H groups in total. The smallest absolute Gasteiger partial charge is 0.200 e. The van der Waals surface area contributed by atoms with E-state index >= 15 is 0 Å². The van der Waals surface area contributed by atoms with Crippen molar-refractivity contribution in [3.05, 3.63) is 61.5 Å². The predicted molar refractivity (Wildman–Crippen MR) is 104 cm³/mol. The number of aryl methyl sites for hydroxylation is 1. The molecule has 0 radical (unpaired) electrons. The summed E-state index contributed by atoms with van der Waals surface area (Å²) in [5.74, 6) is 1.18. The topological polar surface area (TPSA) is 68.0 Å². The number of nitrogens with zero attached hydrogens (tertiary/aromatic N) is 2. The van der Waals surface area contributed by atoms with E-state index in [9.17, 15) is 4.79 Å². The summed E-state index contributed by atoms with van der Waals surface area (Å²) in [4.78, 5) is 13.1. The number of ether oxygens (including phenoxy) is 1. The highest BCUT2D eigenvalue weighted by Crippen LogP contribution is 2.28. The van der Waals surface area contributed by atoms with Crippen LogP contribution in [-0.2, 0) is 13.2 Å². The number of Topliss-reactive ketones (excluding diaryl/α,β-unsaturated/α-hetero) is 1. The van der Waals surface area contributed by atoms with Crippen LogP contribution in [0.4, 0.5) is 0 Å². The molecule has 0 atom stereocenters. The van der Waals surface area contributed by atoms with Gasteiger partial charge in [-0.1, -0.05) is 43.4 Å². The molecule has 3 aromatic rings. The lowest BCUT2D eigenvalue weighted by atomic mass is 10.0. The molecule has 0 aliphatic heterocycles. The van der Waals surface area contributed by atoms with Crippen molar-refractivity contribution in [3.8, 4) is 5.75 Å². The fourth-order valence-electron chi connectivity index (χ4n) is 2.56. The largest absolute Gasteiger partial charge is 0.486 e. The third kappa shape index (κ3) is 4.28. The highest BCUT2D eigenvalue weighted by Gasteiger charge is 2.13. The standard InChI is InChI=1S/C19H21N3O2S2/c1-12(2)14-7-6-13(3)9-16(14)24-11-18-21-22(19(20)26-18)10-15(23)17-5-4-8-25-17/h4-9,12,20H,10-11H2,1-3H3. The first-order valence-electron chi connectivity index (χ1n) is 8.35. The van der Waals surface area contributed by atoms with E-state index in [0.717, 1.165) is 16.9 Å². The summed E-state index contributed by atoms with van der Waals surface area (Å²) in [6.45, 7) is 6.67. The molecule has 136 valence electrons. The van der Waals surface area contributed by atoms with Crippen molar-refractivity contribution in [2.75, 3.05) is 0 Å². The Morgan fingerprint density at radius 3 is 2.85 bits per heavy atom.